The van der Waals surface area contributed by atoms with Crippen LogP contribution in [-0.2, 0) is 4.74 Å². The Morgan fingerprint density at radius 1 is 1.12 bits per heavy atom. The molecule has 1 saturated heterocycles. The van der Waals surface area contributed by atoms with Crippen molar-refractivity contribution in [3.63, 3.8) is 0 Å². The predicted molar refractivity (Wildman–Crippen MR) is 64.6 cm³/mol. The summed E-state index contributed by atoms with van der Waals surface area (Å²) < 4.78 is 28.2. The molecule has 0 spiro atoms. The van der Waals surface area contributed by atoms with E-state index in [0.717, 1.165) is 26.1 Å². The van der Waals surface area contributed by atoms with Crippen LogP contribution in [0.15, 0.2) is 0 Å². The fraction of sp³-hybridized carbons (Fsp3) is 1.00. The maximum Gasteiger partial charge on any atom is 0.261 e. The van der Waals surface area contributed by atoms with Gasteiger partial charge in [0.15, 0.2) is 0 Å². The molecule has 1 aliphatic rings. The average molecular weight is 250 g/mol. The lowest BCUT2D eigenvalue weighted by atomic mass is 10.1. The summed E-state index contributed by atoms with van der Waals surface area (Å²) in [5, 5.41) is 3.31. The zero-order valence-electron chi connectivity index (χ0n) is 10.5. The van der Waals surface area contributed by atoms with Crippen LogP contribution in [0, 0.1) is 0 Å². The van der Waals surface area contributed by atoms with E-state index in [-0.39, 0.29) is 0 Å². The van der Waals surface area contributed by atoms with Crippen molar-refractivity contribution in [2.75, 3.05) is 45.9 Å². The lowest BCUT2D eigenvalue weighted by Gasteiger charge is -2.26. The molecule has 0 aliphatic carbocycles. The van der Waals surface area contributed by atoms with Crippen LogP contribution in [0.5, 0.6) is 0 Å². The molecule has 0 saturated carbocycles. The number of ether oxygens (including phenoxy) is 1. The maximum absolute atomic E-state index is 11.7. The highest BCUT2D eigenvalue weighted by Crippen LogP contribution is 2.07. The molecule has 1 aliphatic heterocycles. The highest BCUT2D eigenvalue weighted by atomic mass is 19.3. The quantitative estimate of drug-likeness (QED) is 0.631. The predicted octanol–water partition coefficient (Wildman–Crippen LogP) is 1.73. The van der Waals surface area contributed by atoms with Crippen molar-refractivity contribution in [3.05, 3.63) is 0 Å². The van der Waals surface area contributed by atoms with Crippen molar-refractivity contribution in [2.45, 2.75) is 32.1 Å². The van der Waals surface area contributed by atoms with E-state index in [1.165, 1.54) is 32.4 Å². The molecule has 1 heterocycles. The van der Waals surface area contributed by atoms with Gasteiger partial charge in [-0.2, -0.15) is 0 Å². The van der Waals surface area contributed by atoms with E-state index >= 15 is 0 Å². The van der Waals surface area contributed by atoms with Crippen LogP contribution in [0.4, 0.5) is 8.78 Å². The van der Waals surface area contributed by atoms with E-state index in [4.69, 9.17) is 4.74 Å². The molecule has 0 atom stereocenters. The summed E-state index contributed by atoms with van der Waals surface area (Å²) >= 11 is 0. The van der Waals surface area contributed by atoms with Crippen molar-refractivity contribution in [3.8, 4) is 0 Å². The van der Waals surface area contributed by atoms with Crippen LogP contribution in [0.2, 0.25) is 0 Å². The number of likely N-dealkylation sites (tertiary alicyclic amines) is 1. The van der Waals surface area contributed by atoms with Crippen LogP contribution in [0.1, 0.15) is 25.7 Å². The molecule has 3 nitrogen and oxygen atoms in total. The first-order valence-corrected chi connectivity index (χ1v) is 6.58. The van der Waals surface area contributed by atoms with Gasteiger partial charge in [0.05, 0.1) is 0 Å². The van der Waals surface area contributed by atoms with Gasteiger partial charge in [-0.1, -0.05) is 6.42 Å². The molecule has 0 amide bonds. The Morgan fingerprint density at radius 2 is 1.88 bits per heavy atom. The molecule has 1 N–H and O–H groups in total. The normalized spacial score (nSPS) is 17.8. The number of alkyl halides is 2. The molecular formula is C12H24F2N2O. The molecule has 0 bridgehead atoms. The fourth-order valence-electron chi connectivity index (χ4n) is 2.02. The zero-order chi connectivity index (χ0) is 12.3. The summed E-state index contributed by atoms with van der Waals surface area (Å²) in [6, 6.07) is 0. The van der Waals surface area contributed by atoms with Crippen molar-refractivity contribution in [1.29, 1.82) is 0 Å². The number of rotatable bonds is 9. The van der Waals surface area contributed by atoms with E-state index in [1.54, 1.807) is 0 Å². The standard InChI is InChI=1S/C12H24F2N2O/c13-12(14)11-17-10-4-5-15-6-9-16-7-2-1-3-8-16/h12,15H,1-11H2. The summed E-state index contributed by atoms with van der Waals surface area (Å²) in [5.41, 5.74) is 0. The van der Waals surface area contributed by atoms with Crippen LogP contribution in [0.3, 0.4) is 0 Å². The first-order chi connectivity index (χ1) is 8.29. The smallest absolute Gasteiger partial charge is 0.261 e. The molecular weight excluding hydrogens is 226 g/mol. The Hall–Kier alpha value is -0.260. The summed E-state index contributed by atoms with van der Waals surface area (Å²) in [4.78, 5) is 2.48. The monoisotopic (exact) mass is 250 g/mol. The van der Waals surface area contributed by atoms with Gasteiger partial charge in [0.2, 0.25) is 0 Å². The Bertz CT molecular complexity index is 176. The van der Waals surface area contributed by atoms with E-state index in [1.807, 2.05) is 0 Å². The van der Waals surface area contributed by atoms with Gasteiger partial charge >= 0.3 is 0 Å². The number of piperidine rings is 1. The van der Waals surface area contributed by atoms with Crippen molar-refractivity contribution in [1.82, 2.24) is 10.2 Å². The number of hydrogen-bond donors (Lipinski definition) is 1. The molecule has 17 heavy (non-hydrogen) atoms. The first-order valence-electron chi connectivity index (χ1n) is 6.58. The second-order valence-electron chi connectivity index (χ2n) is 4.47. The third-order valence-corrected chi connectivity index (χ3v) is 2.94. The molecule has 1 fully saturated rings. The van der Waals surface area contributed by atoms with Gasteiger partial charge in [-0.15, -0.1) is 0 Å². The summed E-state index contributed by atoms with van der Waals surface area (Å²) in [7, 11) is 0. The van der Waals surface area contributed by atoms with Gasteiger partial charge in [-0.3, -0.25) is 0 Å². The van der Waals surface area contributed by atoms with Crippen molar-refractivity contribution < 1.29 is 13.5 Å². The average Bonchev–Trinajstić information content (AvgIpc) is 2.33. The van der Waals surface area contributed by atoms with Gasteiger partial charge < -0.3 is 15.0 Å². The first kappa shape index (κ1) is 14.8. The minimum absolute atomic E-state index is 0.418. The Balaban J connectivity index is 1.78. The molecule has 5 heteroatoms. The number of nitrogens with one attached hydrogen (secondary N) is 1. The maximum atomic E-state index is 11.7. The highest BCUT2D eigenvalue weighted by Gasteiger charge is 2.08. The fourth-order valence-corrected chi connectivity index (χ4v) is 2.02. The van der Waals surface area contributed by atoms with Crippen LogP contribution < -0.4 is 5.32 Å². The Morgan fingerprint density at radius 3 is 2.59 bits per heavy atom. The summed E-state index contributed by atoms with van der Waals surface area (Å²) in [6.07, 6.45) is 2.46. The number of nitrogens with zero attached hydrogens (tertiary/aromatic N) is 1. The molecule has 0 radical (unpaired) electrons. The minimum Gasteiger partial charge on any atom is -0.375 e. The van der Waals surface area contributed by atoms with Gasteiger partial charge in [0.1, 0.15) is 6.61 Å². The minimum atomic E-state index is -2.35. The lowest BCUT2D eigenvalue weighted by molar-refractivity contribution is 0.0168. The molecule has 0 aromatic rings. The Kier molecular flexibility index (Phi) is 8.48. The molecule has 1 rings (SSSR count). The van der Waals surface area contributed by atoms with Crippen molar-refractivity contribution >= 4 is 0 Å². The third-order valence-electron chi connectivity index (χ3n) is 2.94. The van der Waals surface area contributed by atoms with E-state index < -0.39 is 13.0 Å². The van der Waals surface area contributed by atoms with Gasteiger partial charge in [-0.25, -0.2) is 8.78 Å². The van der Waals surface area contributed by atoms with E-state index in [2.05, 4.69) is 10.2 Å². The van der Waals surface area contributed by atoms with Crippen molar-refractivity contribution in [2.24, 2.45) is 0 Å². The molecule has 0 aromatic carbocycles. The van der Waals surface area contributed by atoms with Gasteiger partial charge in [0, 0.05) is 19.7 Å². The second-order valence-corrected chi connectivity index (χ2v) is 4.47. The lowest BCUT2D eigenvalue weighted by Crippen LogP contribution is -2.36. The van der Waals surface area contributed by atoms with Gasteiger partial charge in [-0.05, 0) is 38.9 Å². The van der Waals surface area contributed by atoms with Gasteiger partial charge in [0.25, 0.3) is 6.43 Å². The number of halogens is 2. The Labute approximate surface area is 103 Å². The van der Waals surface area contributed by atoms with Crippen LogP contribution in [0.25, 0.3) is 0 Å². The SMILES string of the molecule is FC(F)COCCCNCCN1CCCCC1. The van der Waals surface area contributed by atoms with Crippen LogP contribution >= 0.6 is 0 Å². The summed E-state index contributed by atoms with van der Waals surface area (Å²) in [5.74, 6) is 0. The molecule has 102 valence electrons. The highest BCUT2D eigenvalue weighted by molar-refractivity contribution is 4.65. The second kappa shape index (κ2) is 9.74. The molecule has 0 unspecified atom stereocenters. The number of hydrogen-bond acceptors (Lipinski definition) is 3. The van der Waals surface area contributed by atoms with E-state index in [0.29, 0.717) is 6.61 Å². The van der Waals surface area contributed by atoms with Crippen LogP contribution in [-0.4, -0.2) is 57.3 Å². The molecule has 0 aromatic heterocycles. The largest absolute Gasteiger partial charge is 0.375 e. The topological polar surface area (TPSA) is 24.5 Å². The zero-order valence-corrected chi connectivity index (χ0v) is 10.5. The van der Waals surface area contributed by atoms with E-state index in [9.17, 15) is 8.78 Å². The summed E-state index contributed by atoms with van der Waals surface area (Å²) in [6.45, 7) is 5.34. The third kappa shape index (κ3) is 8.46.